The molecule has 0 fully saturated rings. The van der Waals surface area contributed by atoms with E-state index in [0.29, 0.717) is 45.3 Å². The SMILES string of the molecule is C=O.COCC1CCc2cc3c(cc2C1NC(=O)/C(N)=C/N(N)c1ccc(Cl)c(Cl)c1)OCO3.COc1cccc(OC)c1OC. The average Bonchev–Trinajstić information content (AvgIpc) is 3.54. The summed E-state index contributed by atoms with van der Waals surface area (Å²) in [5.41, 5.74) is 8.61. The number of ether oxygens (including phenoxy) is 6. The van der Waals surface area contributed by atoms with E-state index in [2.05, 4.69) is 5.32 Å². The second kappa shape index (κ2) is 17.4. The molecule has 2 unspecified atom stereocenters. The van der Waals surface area contributed by atoms with E-state index in [1.807, 2.05) is 37.1 Å². The van der Waals surface area contributed by atoms with Crippen LogP contribution in [0.15, 0.2) is 60.4 Å². The van der Waals surface area contributed by atoms with Crippen LogP contribution < -0.4 is 45.6 Å². The predicted octanol–water partition coefficient (Wildman–Crippen LogP) is 4.80. The van der Waals surface area contributed by atoms with Gasteiger partial charge in [0.05, 0.1) is 49.7 Å². The number of halogens is 2. The lowest BCUT2D eigenvalue weighted by Crippen LogP contribution is -2.40. The van der Waals surface area contributed by atoms with E-state index in [-0.39, 0.29) is 24.4 Å². The molecule has 1 amide bonds. The minimum absolute atomic E-state index is 0.0531. The van der Waals surface area contributed by atoms with Crippen LogP contribution in [0.3, 0.4) is 0 Å². The van der Waals surface area contributed by atoms with Gasteiger partial charge in [-0.25, -0.2) is 5.84 Å². The largest absolute Gasteiger partial charge is 0.493 e. The van der Waals surface area contributed by atoms with Crippen molar-refractivity contribution < 1.29 is 38.0 Å². The Kier molecular flexibility index (Phi) is 13.6. The highest BCUT2D eigenvalue weighted by atomic mass is 35.5. The number of carbonyl (C=O) groups excluding carboxylic acids is 2. The van der Waals surface area contributed by atoms with Gasteiger partial charge in [-0.15, -0.1) is 0 Å². The van der Waals surface area contributed by atoms with Gasteiger partial charge in [0.15, 0.2) is 23.0 Å². The highest BCUT2D eigenvalue weighted by molar-refractivity contribution is 6.42. The Bertz CT molecular complexity index is 1500. The molecule has 3 aromatic rings. The van der Waals surface area contributed by atoms with Crippen molar-refractivity contribution in [1.82, 2.24) is 5.32 Å². The van der Waals surface area contributed by atoms with Gasteiger partial charge in [0.1, 0.15) is 12.5 Å². The summed E-state index contributed by atoms with van der Waals surface area (Å²) in [7, 11) is 6.42. The predicted molar refractivity (Wildman–Crippen MR) is 176 cm³/mol. The Hall–Kier alpha value is -4.36. The van der Waals surface area contributed by atoms with Crippen LogP contribution in [-0.4, -0.2) is 54.5 Å². The zero-order valence-electron chi connectivity index (χ0n) is 26.0. The van der Waals surface area contributed by atoms with E-state index in [1.165, 1.54) is 11.2 Å². The minimum Gasteiger partial charge on any atom is -0.493 e. The summed E-state index contributed by atoms with van der Waals surface area (Å²) in [6.45, 7) is 2.68. The Morgan fingerprint density at radius 2 is 1.65 bits per heavy atom. The smallest absolute Gasteiger partial charge is 0.269 e. The number of nitrogens with two attached hydrogens (primary N) is 2. The first-order valence-corrected chi connectivity index (χ1v) is 14.7. The Morgan fingerprint density at radius 1 is 1.00 bits per heavy atom. The lowest BCUT2D eigenvalue weighted by molar-refractivity contribution is -0.119. The van der Waals surface area contributed by atoms with Crippen LogP contribution in [-0.2, 0) is 20.7 Å². The van der Waals surface area contributed by atoms with Crippen LogP contribution in [0.4, 0.5) is 5.69 Å². The first-order valence-electron chi connectivity index (χ1n) is 13.9. The standard InChI is InChI=1S/C22H24Cl2N4O4.C9H12O3.CH2O/c1-30-10-13-3-2-12-6-19-20(32-11-31-19)8-15(12)21(13)27-22(29)18(25)9-28(26)14-4-5-16(23)17(24)7-14;1-10-7-5-4-6-8(11-2)9(7)12-3;1-2/h4-9,13,21H,2-3,10-11,25-26H2,1H3,(H,27,29);4-6H,1-3H3;1H2/b18-9-;;. The molecule has 46 heavy (non-hydrogen) atoms. The number of amides is 1. The molecular weight excluding hydrogens is 639 g/mol. The summed E-state index contributed by atoms with van der Waals surface area (Å²) >= 11 is 12.0. The molecule has 14 heteroatoms. The molecule has 2 aliphatic rings. The van der Waals surface area contributed by atoms with Crippen molar-refractivity contribution in [2.75, 3.05) is 46.8 Å². The van der Waals surface area contributed by atoms with Crippen molar-refractivity contribution in [3.8, 4) is 28.7 Å². The van der Waals surface area contributed by atoms with Gasteiger partial charge in [-0.1, -0.05) is 29.3 Å². The highest BCUT2D eigenvalue weighted by Gasteiger charge is 2.33. The van der Waals surface area contributed by atoms with Crippen molar-refractivity contribution in [2.24, 2.45) is 17.5 Å². The summed E-state index contributed by atoms with van der Waals surface area (Å²) < 4.78 is 31.7. The average molecular weight is 678 g/mol. The molecule has 1 aliphatic carbocycles. The number of carbonyl (C=O) groups is 2. The first kappa shape index (κ1) is 36.1. The molecule has 0 radical (unpaired) electrons. The van der Waals surface area contributed by atoms with Crippen molar-refractivity contribution in [3.63, 3.8) is 0 Å². The van der Waals surface area contributed by atoms with E-state index in [9.17, 15) is 4.79 Å². The summed E-state index contributed by atoms with van der Waals surface area (Å²) in [5.74, 6) is 9.04. The molecule has 0 saturated carbocycles. The van der Waals surface area contributed by atoms with E-state index in [1.54, 1.807) is 46.6 Å². The number of benzene rings is 3. The highest BCUT2D eigenvalue weighted by Crippen LogP contribution is 2.42. The molecule has 0 bridgehead atoms. The molecule has 0 spiro atoms. The molecule has 0 aromatic heterocycles. The molecule has 0 saturated heterocycles. The number of para-hydroxylation sites is 1. The number of anilines is 1. The molecule has 248 valence electrons. The lowest BCUT2D eigenvalue weighted by atomic mass is 9.79. The molecule has 1 aliphatic heterocycles. The van der Waals surface area contributed by atoms with E-state index in [0.717, 1.165) is 29.7 Å². The van der Waals surface area contributed by atoms with Crippen LogP contribution in [0.5, 0.6) is 28.7 Å². The minimum atomic E-state index is -0.447. The zero-order chi connectivity index (χ0) is 33.8. The molecule has 2 atom stereocenters. The summed E-state index contributed by atoms with van der Waals surface area (Å²) in [6.07, 6.45) is 3.04. The Morgan fingerprint density at radius 3 is 2.24 bits per heavy atom. The summed E-state index contributed by atoms with van der Waals surface area (Å²) in [6, 6.07) is 14.0. The molecule has 5 rings (SSSR count). The van der Waals surface area contributed by atoms with Crippen molar-refractivity contribution in [1.29, 1.82) is 0 Å². The van der Waals surface area contributed by atoms with Gasteiger partial charge in [-0.2, -0.15) is 0 Å². The number of hydrogen-bond acceptors (Lipinski definition) is 11. The number of methoxy groups -OCH3 is 4. The van der Waals surface area contributed by atoms with Gasteiger partial charge >= 0.3 is 0 Å². The number of hydrazine groups is 1. The van der Waals surface area contributed by atoms with E-state index >= 15 is 0 Å². The van der Waals surface area contributed by atoms with Crippen molar-refractivity contribution in [3.05, 3.63) is 81.6 Å². The quantitative estimate of drug-likeness (QED) is 0.163. The van der Waals surface area contributed by atoms with Crippen molar-refractivity contribution >= 4 is 41.6 Å². The van der Waals surface area contributed by atoms with E-state index in [4.69, 9.17) is 68.0 Å². The third kappa shape index (κ3) is 8.67. The second-order valence-electron chi connectivity index (χ2n) is 9.90. The van der Waals surface area contributed by atoms with Crippen molar-refractivity contribution in [2.45, 2.75) is 18.9 Å². The Balaban J connectivity index is 0.000000345. The van der Waals surface area contributed by atoms with Crippen LogP contribution in [0.1, 0.15) is 23.6 Å². The lowest BCUT2D eigenvalue weighted by Gasteiger charge is -2.34. The van der Waals surface area contributed by atoms with Gasteiger partial charge in [-0.05, 0) is 66.4 Å². The third-order valence-electron chi connectivity index (χ3n) is 7.22. The van der Waals surface area contributed by atoms with Gasteiger partial charge in [0, 0.05) is 19.2 Å². The zero-order valence-corrected chi connectivity index (χ0v) is 27.5. The van der Waals surface area contributed by atoms with Crippen LogP contribution in [0.2, 0.25) is 10.0 Å². The number of hydrogen-bond donors (Lipinski definition) is 3. The maximum absolute atomic E-state index is 13.0. The van der Waals surface area contributed by atoms with Crippen LogP contribution in [0.25, 0.3) is 0 Å². The normalized spacial score (nSPS) is 16.0. The monoisotopic (exact) mass is 676 g/mol. The molecule has 1 heterocycles. The summed E-state index contributed by atoms with van der Waals surface area (Å²) in [5, 5.41) is 5.00. The fraction of sp³-hybridized carbons (Fsp3) is 0.312. The van der Waals surface area contributed by atoms with Gasteiger partial charge in [0.25, 0.3) is 5.91 Å². The van der Waals surface area contributed by atoms with Gasteiger partial charge in [0.2, 0.25) is 12.5 Å². The van der Waals surface area contributed by atoms with E-state index < -0.39 is 5.91 Å². The first-order chi connectivity index (χ1) is 22.2. The fourth-order valence-electron chi connectivity index (χ4n) is 5.03. The molecule has 3 aromatic carbocycles. The maximum atomic E-state index is 13.0. The topological polar surface area (TPSA) is 157 Å². The summed E-state index contributed by atoms with van der Waals surface area (Å²) in [4.78, 5) is 21.0. The Labute approximate surface area is 278 Å². The second-order valence-corrected chi connectivity index (χ2v) is 10.7. The fourth-order valence-corrected chi connectivity index (χ4v) is 5.32. The number of aryl methyl sites for hydroxylation is 1. The number of fused-ring (bicyclic) bond motifs is 2. The molecule has 12 nitrogen and oxygen atoms in total. The molecular formula is C32H38Cl2N4O8. The number of nitrogens with zero attached hydrogens (tertiary/aromatic N) is 1. The maximum Gasteiger partial charge on any atom is 0.269 e. The van der Waals surface area contributed by atoms with Gasteiger partial charge < -0.3 is 44.3 Å². The van der Waals surface area contributed by atoms with Crippen LogP contribution in [0, 0.1) is 5.92 Å². The van der Waals surface area contributed by atoms with Crippen LogP contribution >= 0.6 is 23.2 Å². The number of rotatable bonds is 9. The van der Waals surface area contributed by atoms with Gasteiger partial charge in [-0.3, -0.25) is 9.80 Å². The number of nitrogens with one attached hydrogen (secondary N) is 1. The third-order valence-corrected chi connectivity index (χ3v) is 7.96. The molecule has 5 N–H and O–H groups in total.